The van der Waals surface area contributed by atoms with Crippen LogP contribution < -0.4 is 10.2 Å². The number of piperazine rings is 1. The fourth-order valence-corrected chi connectivity index (χ4v) is 2.72. The van der Waals surface area contributed by atoms with Crippen LogP contribution in [0.5, 0.6) is 0 Å². The van der Waals surface area contributed by atoms with Crippen LogP contribution >= 0.6 is 0 Å². The van der Waals surface area contributed by atoms with Crippen molar-refractivity contribution in [2.45, 2.75) is 46.1 Å². The van der Waals surface area contributed by atoms with E-state index in [1.165, 1.54) is 0 Å². The van der Waals surface area contributed by atoms with Gasteiger partial charge in [0.05, 0.1) is 11.4 Å². The van der Waals surface area contributed by atoms with Crippen molar-refractivity contribution in [1.82, 2.24) is 10.3 Å². The van der Waals surface area contributed by atoms with Crippen molar-refractivity contribution in [2.24, 2.45) is 0 Å². The molecule has 1 N–H and O–H groups in total. The molecule has 108 valence electrons. The number of anilines is 1. The summed E-state index contributed by atoms with van der Waals surface area (Å²) in [6.07, 6.45) is 1.17. The highest BCUT2D eigenvalue weighted by atomic mass is 16.2. The number of nitrogens with one attached hydrogen (secondary N) is 1. The largest absolute Gasteiger partial charge is 0.340 e. The summed E-state index contributed by atoms with van der Waals surface area (Å²) in [4.78, 5) is 30.7. The van der Waals surface area contributed by atoms with Gasteiger partial charge in [0.25, 0.3) is 5.91 Å². The van der Waals surface area contributed by atoms with Gasteiger partial charge in [0.15, 0.2) is 0 Å². The maximum absolute atomic E-state index is 12.8. The summed E-state index contributed by atoms with van der Waals surface area (Å²) in [6.45, 7) is 7.68. The lowest BCUT2D eigenvalue weighted by Gasteiger charge is -2.41. The summed E-state index contributed by atoms with van der Waals surface area (Å²) in [5.74, 6) is -0.163. The zero-order valence-electron chi connectivity index (χ0n) is 12.5. The third-order valence-electron chi connectivity index (χ3n) is 4.03. The Morgan fingerprint density at radius 2 is 1.90 bits per heavy atom. The van der Waals surface area contributed by atoms with Crippen molar-refractivity contribution in [2.75, 3.05) is 11.4 Å². The van der Waals surface area contributed by atoms with Crippen LogP contribution in [0.25, 0.3) is 0 Å². The van der Waals surface area contributed by atoms with E-state index in [9.17, 15) is 9.59 Å². The Morgan fingerprint density at radius 1 is 1.25 bits per heavy atom. The highest BCUT2D eigenvalue weighted by molar-refractivity contribution is 6.09. The molecule has 0 saturated carbocycles. The Kier molecular flexibility index (Phi) is 3.79. The number of aryl methyl sites for hydroxylation is 2. The molecule has 1 saturated heterocycles. The van der Waals surface area contributed by atoms with Gasteiger partial charge in [-0.3, -0.25) is 19.5 Å². The molecule has 0 unspecified atom stereocenters. The van der Waals surface area contributed by atoms with Gasteiger partial charge >= 0.3 is 0 Å². The second kappa shape index (κ2) is 5.23. The maximum atomic E-state index is 12.8. The maximum Gasteiger partial charge on any atom is 0.253 e. The molecule has 2 amide bonds. The second-order valence-corrected chi connectivity index (χ2v) is 5.29. The quantitative estimate of drug-likeness (QED) is 0.913. The summed E-state index contributed by atoms with van der Waals surface area (Å²) >= 11 is 0. The normalized spacial score (nSPS) is 18.1. The Labute approximate surface area is 119 Å². The first kappa shape index (κ1) is 14.5. The predicted octanol–water partition coefficient (Wildman–Crippen LogP) is 1.72. The van der Waals surface area contributed by atoms with E-state index < -0.39 is 5.54 Å². The molecule has 0 aliphatic carbocycles. The number of carbonyl (C=O) groups is 2. The van der Waals surface area contributed by atoms with Gasteiger partial charge in [0, 0.05) is 5.69 Å². The smallest absolute Gasteiger partial charge is 0.253 e. The van der Waals surface area contributed by atoms with Crippen molar-refractivity contribution in [1.29, 1.82) is 0 Å². The fourth-order valence-electron chi connectivity index (χ4n) is 2.72. The molecule has 1 fully saturated rings. The van der Waals surface area contributed by atoms with Gasteiger partial charge in [-0.1, -0.05) is 13.8 Å². The Hall–Kier alpha value is -1.91. The van der Waals surface area contributed by atoms with Crippen molar-refractivity contribution in [3.63, 3.8) is 0 Å². The number of hydrogen-bond acceptors (Lipinski definition) is 3. The van der Waals surface area contributed by atoms with Gasteiger partial charge in [-0.25, -0.2) is 0 Å². The van der Waals surface area contributed by atoms with Crippen molar-refractivity contribution >= 4 is 17.5 Å². The lowest BCUT2D eigenvalue weighted by molar-refractivity contribution is -0.136. The molecule has 0 atom stereocenters. The summed E-state index contributed by atoms with van der Waals surface area (Å²) < 4.78 is 0. The number of rotatable bonds is 3. The Bertz CT molecular complexity index is 550. The third-order valence-corrected chi connectivity index (χ3v) is 4.03. The number of amides is 2. The molecule has 0 aromatic carbocycles. The predicted molar refractivity (Wildman–Crippen MR) is 77.5 cm³/mol. The Balaban J connectivity index is 2.45. The van der Waals surface area contributed by atoms with E-state index in [4.69, 9.17) is 0 Å². The number of nitrogens with zero attached hydrogens (tertiary/aromatic N) is 2. The number of hydrogen-bond donors (Lipinski definition) is 1. The van der Waals surface area contributed by atoms with Gasteiger partial charge in [-0.05, 0) is 38.8 Å². The van der Waals surface area contributed by atoms with E-state index >= 15 is 0 Å². The van der Waals surface area contributed by atoms with Crippen molar-refractivity contribution < 1.29 is 9.59 Å². The highest BCUT2D eigenvalue weighted by Crippen LogP contribution is 2.28. The molecule has 2 rings (SSSR count). The van der Waals surface area contributed by atoms with E-state index in [0.717, 1.165) is 17.1 Å². The van der Waals surface area contributed by atoms with Crippen LogP contribution in [-0.4, -0.2) is 28.9 Å². The van der Waals surface area contributed by atoms with E-state index in [2.05, 4.69) is 10.3 Å². The SMILES string of the molecule is CCC1(CC)NC(=O)CN(c2ccc(C)nc2C)C1=O. The summed E-state index contributed by atoms with van der Waals surface area (Å²) in [7, 11) is 0. The third kappa shape index (κ3) is 2.28. The average Bonchev–Trinajstić information content (AvgIpc) is 2.41. The van der Waals surface area contributed by atoms with Crippen LogP contribution in [0.1, 0.15) is 38.1 Å². The fraction of sp³-hybridized carbons (Fsp3) is 0.533. The zero-order chi connectivity index (χ0) is 14.9. The van der Waals surface area contributed by atoms with Crippen molar-refractivity contribution in [3.8, 4) is 0 Å². The number of aromatic nitrogens is 1. The first-order chi connectivity index (χ1) is 9.43. The van der Waals surface area contributed by atoms with Crippen molar-refractivity contribution in [3.05, 3.63) is 23.5 Å². The molecular formula is C15H21N3O2. The molecule has 0 spiro atoms. The summed E-state index contributed by atoms with van der Waals surface area (Å²) in [5, 5.41) is 2.86. The lowest BCUT2D eigenvalue weighted by Crippen LogP contribution is -2.66. The van der Waals surface area contributed by atoms with E-state index in [0.29, 0.717) is 12.8 Å². The minimum absolute atomic E-state index is 0.0455. The van der Waals surface area contributed by atoms with Crippen LogP contribution in [0.3, 0.4) is 0 Å². The molecule has 0 radical (unpaired) electrons. The van der Waals surface area contributed by atoms with E-state index in [1.54, 1.807) is 4.90 Å². The monoisotopic (exact) mass is 275 g/mol. The molecule has 1 aliphatic heterocycles. The molecule has 1 aromatic heterocycles. The standard InChI is InChI=1S/C15H21N3O2/c1-5-15(6-2)14(20)18(9-13(19)17-15)12-8-7-10(3)16-11(12)4/h7-8H,5-6,9H2,1-4H3,(H,17,19). The second-order valence-electron chi connectivity index (χ2n) is 5.29. The molecule has 5 nitrogen and oxygen atoms in total. The number of pyridine rings is 1. The van der Waals surface area contributed by atoms with Gasteiger partial charge in [0.2, 0.25) is 5.91 Å². The van der Waals surface area contributed by atoms with Crippen LogP contribution in [-0.2, 0) is 9.59 Å². The van der Waals surface area contributed by atoms with E-state index in [1.807, 2.05) is 39.8 Å². The van der Waals surface area contributed by atoms with Gasteiger partial charge in [-0.15, -0.1) is 0 Å². The minimum atomic E-state index is -0.785. The summed E-state index contributed by atoms with van der Waals surface area (Å²) in [6, 6.07) is 3.73. The van der Waals surface area contributed by atoms with Crippen LogP contribution in [0.15, 0.2) is 12.1 Å². The van der Waals surface area contributed by atoms with Crippen LogP contribution in [0, 0.1) is 13.8 Å². The molecule has 20 heavy (non-hydrogen) atoms. The first-order valence-electron chi connectivity index (χ1n) is 7.00. The molecule has 1 aromatic rings. The zero-order valence-corrected chi connectivity index (χ0v) is 12.5. The van der Waals surface area contributed by atoms with Gasteiger partial charge in [-0.2, -0.15) is 0 Å². The molecular weight excluding hydrogens is 254 g/mol. The minimum Gasteiger partial charge on any atom is -0.340 e. The molecule has 5 heteroatoms. The Morgan fingerprint density at radius 3 is 2.45 bits per heavy atom. The summed E-state index contributed by atoms with van der Waals surface area (Å²) in [5.41, 5.74) is 1.61. The van der Waals surface area contributed by atoms with Gasteiger partial charge < -0.3 is 5.32 Å². The first-order valence-corrected chi connectivity index (χ1v) is 7.00. The lowest BCUT2D eigenvalue weighted by atomic mass is 9.88. The molecule has 0 bridgehead atoms. The average molecular weight is 275 g/mol. The van der Waals surface area contributed by atoms with E-state index in [-0.39, 0.29) is 18.4 Å². The topological polar surface area (TPSA) is 62.3 Å². The van der Waals surface area contributed by atoms with Crippen LogP contribution in [0.4, 0.5) is 5.69 Å². The number of carbonyl (C=O) groups excluding carboxylic acids is 2. The molecule has 1 aliphatic rings. The highest BCUT2D eigenvalue weighted by Gasteiger charge is 2.44. The van der Waals surface area contributed by atoms with Crippen LogP contribution in [0.2, 0.25) is 0 Å². The molecule has 2 heterocycles. The van der Waals surface area contributed by atoms with Gasteiger partial charge in [0.1, 0.15) is 12.1 Å².